The van der Waals surface area contributed by atoms with Crippen molar-refractivity contribution in [1.82, 2.24) is 39.4 Å². The van der Waals surface area contributed by atoms with E-state index in [9.17, 15) is 32.6 Å². The molecule has 0 N–H and O–H groups in total. The van der Waals surface area contributed by atoms with Gasteiger partial charge in [-0.1, -0.05) is 11.8 Å². The average Bonchev–Trinajstić information content (AvgIpc) is 3.98. The molecule has 3 aromatic rings. The van der Waals surface area contributed by atoms with Gasteiger partial charge in [-0.2, -0.15) is 10.2 Å². The zero-order valence-electron chi connectivity index (χ0n) is 34.9. The Balaban J connectivity index is 1.60. The molecule has 22 nitrogen and oxygen atoms in total. The van der Waals surface area contributed by atoms with Crippen LogP contribution >= 0.6 is 32.6 Å². The predicted octanol–water partition coefficient (Wildman–Crippen LogP) is 6.38. The summed E-state index contributed by atoms with van der Waals surface area (Å²) in [6, 6.07) is 6.88. The average molecular weight is 943 g/mol. The van der Waals surface area contributed by atoms with E-state index in [2.05, 4.69) is 16.9 Å². The second-order valence-corrected chi connectivity index (χ2v) is 18.0. The summed E-state index contributed by atoms with van der Waals surface area (Å²) in [4.78, 5) is 48.6. The number of carbonyl (C=O) groups is 3. The SMILES string of the molecule is CCOP(=O)(CN(Cc1ccn(-c2cc(C#CCCCCC(=O)ON3C(=O)CCC3=O)cc(-n3ccc(CN(COP=O)COP=O)n3)n2)n1)CP(=O)(OCC)OCC)OCC. The molecule has 0 bridgehead atoms. The summed E-state index contributed by atoms with van der Waals surface area (Å²) in [5.41, 5.74) is 1.58. The van der Waals surface area contributed by atoms with Gasteiger partial charge < -0.3 is 22.9 Å². The maximum absolute atomic E-state index is 13.7. The smallest absolute Gasteiger partial charge is 0.330 e. The van der Waals surface area contributed by atoms with Crippen LogP contribution in [0.15, 0.2) is 36.7 Å². The van der Waals surface area contributed by atoms with Crippen molar-refractivity contribution in [3.8, 4) is 23.5 Å². The first kappa shape index (κ1) is 50.7. The van der Waals surface area contributed by atoms with Crippen LogP contribution in [-0.2, 0) is 77.7 Å². The van der Waals surface area contributed by atoms with Gasteiger partial charge in [-0.25, -0.2) is 33.2 Å². The minimum absolute atomic E-state index is 0.00468. The molecule has 1 aliphatic heterocycles. The van der Waals surface area contributed by atoms with Crippen LogP contribution in [0, 0.1) is 11.8 Å². The van der Waals surface area contributed by atoms with Crippen LogP contribution in [0.1, 0.15) is 83.2 Å². The molecule has 4 rings (SSSR count). The summed E-state index contributed by atoms with van der Waals surface area (Å²) >= 11 is 0. The fourth-order valence-electron chi connectivity index (χ4n) is 5.86. The van der Waals surface area contributed by atoms with Crippen LogP contribution in [0.5, 0.6) is 0 Å². The zero-order chi connectivity index (χ0) is 45.0. The standard InChI is InChI=1S/C36H50N8O14P4/c1-5-54-61(50,55-6-2)27-41(28-62(51,56-7-3)57-8-4)24-31-18-20-43(39-31)33-22-29(13-11-9-10-12-14-36(47)58-44-34(45)15-16-35(44)46)21-32(37-33)42-19-17-30(38-42)23-40(25-52-59-48)26-53-60-49/h17-22H,5-10,12,14-16,23-28H2,1-4H3. The summed E-state index contributed by atoms with van der Waals surface area (Å²) in [7, 11) is -8.39. The maximum atomic E-state index is 13.7. The molecule has 0 aliphatic carbocycles. The first-order valence-electron chi connectivity index (χ1n) is 19.6. The Labute approximate surface area is 362 Å². The third-order valence-electron chi connectivity index (χ3n) is 8.33. The summed E-state index contributed by atoms with van der Waals surface area (Å²) in [5, 5.41) is 9.90. The Morgan fingerprint density at radius 1 is 0.758 bits per heavy atom. The van der Waals surface area contributed by atoms with Crippen molar-refractivity contribution in [3.63, 3.8) is 0 Å². The molecule has 1 fully saturated rings. The van der Waals surface area contributed by atoms with Crippen molar-refractivity contribution in [1.29, 1.82) is 0 Å². The van der Waals surface area contributed by atoms with Crippen LogP contribution in [0.3, 0.4) is 0 Å². The van der Waals surface area contributed by atoms with Gasteiger partial charge in [0.05, 0.1) is 37.8 Å². The second kappa shape index (κ2) is 26.0. The molecule has 2 amide bonds. The van der Waals surface area contributed by atoms with E-state index in [1.165, 1.54) is 9.36 Å². The molecule has 0 aromatic carbocycles. The van der Waals surface area contributed by atoms with E-state index in [0.717, 1.165) is 0 Å². The lowest BCUT2D eigenvalue weighted by Gasteiger charge is -2.29. The molecule has 338 valence electrons. The van der Waals surface area contributed by atoms with Crippen LogP contribution in [0.4, 0.5) is 0 Å². The van der Waals surface area contributed by atoms with E-state index in [0.29, 0.717) is 52.9 Å². The third kappa shape index (κ3) is 16.3. The van der Waals surface area contributed by atoms with Gasteiger partial charge in [0.25, 0.3) is 11.8 Å². The number of unbranched alkanes of at least 4 members (excludes halogenated alkanes) is 2. The minimum Gasteiger partial charge on any atom is -0.330 e. The van der Waals surface area contributed by atoms with Gasteiger partial charge in [0, 0.05) is 56.7 Å². The molecule has 0 unspecified atom stereocenters. The first-order valence-corrected chi connectivity index (χ1v) is 24.6. The van der Waals surface area contributed by atoms with Gasteiger partial charge in [0.15, 0.2) is 11.6 Å². The normalized spacial score (nSPS) is 13.5. The molecular formula is C36H50N8O14P4. The number of nitrogens with zero attached hydrogens (tertiary/aromatic N) is 8. The zero-order valence-corrected chi connectivity index (χ0v) is 38.4. The van der Waals surface area contributed by atoms with E-state index < -0.39 is 50.3 Å². The molecule has 0 radical (unpaired) electrons. The Kier molecular flexibility index (Phi) is 21.3. The highest BCUT2D eigenvalue weighted by atomic mass is 31.2. The topological polar surface area (TPSA) is 242 Å². The van der Waals surface area contributed by atoms with Gasteiger partial charge in [0.2, 0.25) is 0 Å². The highest BCUT2D eigenvalue weighted by molar-refractivity contribution is 7.54. The lowest BCUT2D eigenvalue weighted by atomic mass is 10.2. The number of hydrogen-bond acceptors (Lipinski definition) is 19. The number of amides is 2. The molecule has 0 atom stereocenters. The number of hydrogen-bond donors (Lipinski definition) is 0. The highest BCUT2D eigenvalue weighted by Gasteiger charge is 2.35. The van der Waals surface area contributed by atoms with E-state index >= 15 is 0 Å². The lowest BCUT2D eigenvalue weighted by molar-refractivity contribution is -0.197. The van der Waals surface area contributed by atoms with Crippen molar-refractivity contribution >= 4 is 50.3 Å². The molecule has 0 saturated carbocycles. The fraction of sp³-hybridized carbons (Fsp3) is 0.556. The fourth-order valence-corrected chi connectivity index (χ4v) is 9.87. The van der Waals surface area contributed by atoms with Gasteiger partial charge in [-0.15, -0.1) is 5.06 Å². The van der Waals surface area contributed by atoms with Gasteiger partial charge in [-0.3, -0.25) is 32.7 Å². The summed E-state index contributed by atoms with van der Waals surface area (Å²) in [6.07, 6.45) is 4.27. The molecular weight excluding hydrogens is 892 g/mol. The van der Waals surface area contributed by atoms with Crippen LogP contribution in [0.25, 0.3) is 11.6 Å². The van der Waals surface area contributed by atoms with Crippen molar-refractivity contribution in [2.75, 3.05) is 52.5 Å². The Bertz CT molecular complexity index is 2060. The second-order valence-electron chi connectivity index (χ2n) is 13.1. The summed E-state index contributed by atoms with van der Waals surface area (Å²) in [6.45, 7) is 7.35. The quantitative estimate of drug-likeness (QED) is 0.0241. The predicted molar refractivity (Wildman–Crippen MR) is 221 cm³/mol. The Hall–Kier alpha value is -3.92. The largest absolute Gasteiger partial charge is 0.344 e. The molecule has 26 heteroatoms. The van der Waals surface area contributed by atoms with Gasteiger partial charge in [0.1, 0.15) is 26.0 Å². The summed E-state index contributed by atoms with van der Waals surface area (Å²) in [5.74, 6) is 5.19. The van der Waals surface area contributed by atoms with Crippen molar-refractivity contribution in [3.05, 3.63) is 53.6 Å². The minimum atomic E-state index is -3.66. The molecule has 3 aromatic heterocycles. The number of hydroxylamine groups is 2. The number of rotatable bonds is 29. The van der Waals surface area contributed by atoms with Gasteiger partial charge >= 0.3 is 38.5 Å². The molecule has 62 heavy (non-hydrogen) atoms. The summed E-state index contributed by atoms with van der Waals surface area (Å²) < 4.78 is 84.3. The van der Waals surface area contributed by atoms with Crippen LogP contribution < -0.4 is 0 Å². The van der Waals surface area contributed by atoms with Crippen LogP contribution in [-0.4, -0.2) is 110 Å². The van der Waals surface area contributed by atoms with E-state index in [4.69, 9.17) is 42.1 Å². The molecule has 1 aliphatic rings. The van der Waals surface area contributed by atoms with E-state index in [-0.39, 0.29) is 84.8 Å². The Morgan fingerprint density at radius 3 is 1.71 bits per heavy atom. The van der Waals surface area contributed by atoms with Crippen LogP contribution in [0.2, 0.25) is 0 Å². The Morgan fingerprint density at radius 2 is 1.24 bits per heavy atom. The van der Waals surface area contributed by atoms with E-state index in [1.807, 2.05) is 0 Å². The maximum Gasteiger partial charge on any atom is 0.344 e. The van der Waals surface area contributed by atoms with E-state index in [1.54, 1.807) is 74.2 Å². The van der Waals surface area contributed by atoms with Crippen molar-refractivity contribution in [2.24, 2.45) is 0 Å². The molecule has 4 heterocycles. The first-order chi connectivity index (χ1) is 29.9. The van der Waals surface area contributed by atoms with Crippen molar-refractivity contribution in [2.45, 2.75) is 79.3 Å². The molecule has 0 spiro atoms. The lowest BCUT2D eigenvalue weighted by Crippen LogP contribution is -2.31. The molecule has 1 saturated heterocycles. The third-order valence-corrected chi connectivity index (χ3v) is 12.9. The number of carbonyl (C=O) groups excluding carboxylic acids is 3. The number of aromatic nitrogens is 5. The number of imide groups is 1. The van der Waals surface area contributed by atoms with Gasteiger partial charge in [-0.05, 0) is 64.8 Å². The highest BCUT2D eigenvalue weighted by Crippen LogP contribution is 2.53. The number of pyridine rings is 1. The van der Waals surface area contributed by atoms with Crippen molar-refractivity contribution < 1.29 is 64.6 Å². The monoisotopic (exact) mass is 942 g/mol.